The number of nitrogens with zero attached hydrogens (tertiary/aromatic N) is 1. The van der Waals surface area contributed by atoms with Gasteiger partial charge in [0.15, 0.2) is 0 Å². The van der Waals surface area contributed by atoms with Crippen molar-refractivity contribution in [3.05, 3.63) is 77.3 Å². The molecule has 126 valence electrons. The molecule has 0 unspecified atom stereocenters. The van der Waals surface area contributed by atoms with Crippen molar-refractivity contribution in [1.82, 2.24) is 4.98 Å². The number of hydrogen-bond donors (Lipinski definition) is 0. The summed E-state index contributed by atoms with van der Waals surface area (Å²) in [6.45, 7) is 0. The van der Waals surface area contributed by atoms with Gasteiger partial charge in [0.05, 0.1) is 12.8 Å². The van der Waals surface area contributed by atoms with Crippen LogP contribution in [-0.4, -0.2) is 18.1 Å². The zero-order valence-electron chi connectivity index (χ0n) is 13.7. The number of carbonyl (C=O) groups is 1. The number of thioether (sulfide) groups is 1. The summed E-state index contributed by atoms with van der Waals surface area (Å²) in [4.78, 5) is 17.0. The molecule has 3 rings (SSSR count). The first-order valence-electron chi connectivity index (χ1n) is 7.73. The molecule has 1 heterocycles. The van der Waals surface area contributed by atoms with Crippen LogP contribution in [0.25, 0.3) is 16.6 Å². The minimum atomic E-state index is -0.353. The zero-order valence-corrected chi connectivity index (χ0v) is 15.3. The SMILES string of the molecule is COC(=O)/C=C/c1cccc(SCc2csc(-c3ccccc3)n2)c1. The van der Waals surface area contributed by atoms with E-state index in [0.717, 1.165) is 32.5 Å². The number of thiazole rings is 1. The predicted octanol–water partition coefficient (Wildman–Crippen LogP) is 5.29. The minimum Gasteiger partial charge on any atom is -0.466 e. The van der Waals surface area contributed by atoms with Gasteiger partial charge < -0.3 is 4.74 Å². The molecule has 0 aliphatic carbocycles. The first-order valence-corrected chi connectivity index (χ1v) is 9.60. The van der Waals surface area contributed by atoms with Crippen LogP contribution in [-0.2, 0) is 15.3 Å². The van der Waals surface area contributed by atoms with Crippen molar-refractivity contribution in [3.8, 4) is 10.6 Å². The van der Waals surface area contributed by atoms with Crippen LogP contribution in [0.1, 0.15) is 11.3 Å². The molecule has 0 aliphatic rings. The lowest BCUT2D eigenvalue weighted by Gasteiger charge is -2.01. The third-order valence-corrected chi connectivity index (χ3v) is 5.40. The Morgan fingerprint density at radius 2 is 2.04 bits per heavy atom. The van der Waals surface area contributed by atoms with Crippen molar-refractivity contribution >= 4 is 35.1 Å². The molecule has 0 radical (unpaired) electrons. The van der Waals surface area contributed by atoms with E-state index in [4.69, 9.17) is 4.98 Å². The second-order valence-electron chi connectivity index (χ2n) is 5.23. The number of hydrogen-bond acceptors (Lipinski definition) is 5. The Labute approximate surface area is 155 Å². The van der Waals surface area contributed by atoms with Gasteiger partial charge in [-0.3, -0.25) is 0 Å². The van der Waals surface area contributed by atoms with E-state index in [9.17, 15) is 4.79 Å². The van der Waals surface area contributed by atoms with Crippen LogP contribution in [0.15, 0.2) is 70.9 Å². The molecule has 0 bridgehead atoms. The van der Waals surface area contributed by atoms with Crippen LogP contribution in [0, 0.1) is 0 Å². The van der Waals surface area contributed by atoms with Crippen LogP contribution in [0.4, 0.5) is 0 Å². The lowest BCUT2D eigenvalue weighted by atomic mass is 10.2. The standard InChI is InChI=1S/C20H17NO2S2/c1-23-19(22)11-10-15-6-5-9-18(12-15)24-13-17-14-25-20(21-17)16-7-3-2-4-8-16/h2-12,14H,13H2,1H3/b11-10+. The maximum Gasteiger partial charge on any atom is 0.330 e. The Hall–Kier alpha value is -2.37. The van der Waals surface area contributed by atoms with E-state index in [1.165, 1.54) is 13.2 Å². The number of benzene rings is 2. The molecule has 3 nitrogen and oxygen atoms in total. The molecule has 0 spiro atoms. The normalized spacial score (nSPS) is 10.9. The van der Waals surface area contributed by atoms with E-state index in [1.807, 2.05) is 30.3 Å². The zero-order chi connectivity index (χ0) is 17.5. The van der Waals surface area contributed by atoms with Crippen LogP contribution in [0.3, 0.4) is 0 Å². The van der Waals surface area contributed by atoms with Crippen LogP contribution in [0.2, 0.25) is 0 Å². The quantitative estimate of drug-likeness (QED) is 0.337. The van der Waals surface area contributed by atoms with E-state index in [2.05, 4.69) is 34.4 Å². The van der Waals surface area contributed by atoms with Crippen molar-refractivity contribution < 1.29 is 9.53 Å². The molecule has 3 aromatic rings. The molecule has 2 aromatic carbocycles. The van der Waals surface area contributed by atoms with E-state index >= 15 is 0 Å². The summed E-state index contributed by atoms with van der Waals surface area (Å²) < 4.78 is 4.61. The van der Waals surface area contributed by atoms with E-state index in [1.54, 1.807) is 29.2 Å². The van der Waals surface area contributed by atoms with Gasteiger partial charge >= 0.3 is 5.97 Å². The Bertz CT molecular complexity index is 872. The highest BCUT2D eigenvalue weighted by atomic mass is 32.2. The third kappa shape index (κ3) is 5.05. The van der Waals surface area contributed by atoms with Crippen molar-refractivity contribution in [3.63, 3.8) is 0 Å². The van der Waals surface area contributed by atoms with E-state index in [-0.39, 0.29) is 5.97 Å². The van der Waals surface area contributed by atoms with Gasteiger partial charge in [-0.15, -0.1) is 23.1 Å². The Kier molecular flexibility index (Phi) is 6.04. The summed E-state index contributed by atoms with van der Waals surface area (Å²) in [5.74, 6) is 0.460. The van der Waals surface area contributed by atoms with Gasteiger partial charge in [0.1, 0.15) is 5.01 Å². The molecular formula is C20H17NO2S2. The van der Waals surface area contributed by atoms with Crippen LogP contribution in [0.5, 0.6) is 0 Å². The minimum absolute atomic E-state index is 0.353. The summed E-state index contributed by atoms with van der Waals surface area (Å²) in [5, 5.41) is 3.15. The maximum absolute atomic E-state index is 11.2. The summed E-state index contributed by atoms with van der Waals surface area (Å²) in [6.07, 6.45) is 3.18. The number of aromatic nitrogens is 1. The van der Waals surface area contributed by atoms with Gasteiger partial charge in [-0.2, -0.15) is 0 Å². The fourth-order valence-electron chi connectivity index (χ4n) is 2.18. The molecule has 25 heavy (non-hydrogen) atoms. The average molecular weight is 367 g/mol. The first-order chi connectivity index (χ1) is 12.2. The number of methoxy groups -OCH3 is 1. The summed E-state index contributed by atoms with van der Waals surface area (Å²) >= 11 is 3.40. The molecule has 0 saturated heterocycles. The van der Waals surface area contributed by atoms with Crippen molar-refractivity contribution in [1.29, 1.82) is 0 Å². The smallest absolute Gasteiger partial charge is 0.330 e. The average Bonchev–Trinajstić information content (AvgIpc) is 3.14. The van der Waals surface area contributed by atoms with Gasteiger partial charge in [-0.05, 0) is 23.8 Å². The highest BCUT2D eigenvalue weighted by molar-refractivity contribution is 7.98. The molecule has 0 fully saturated rings. The first kappa shape index (κ1) is 17.5. The molecule has 0 saturated carbocycles. The molecular weight excluding hydrogens is 350 g/mol. The Morgan fingerprint density at radius 1 is 1.20 bits per heavy atom. The number of esters is 1. The fraction of sp³-hybridized carbons (Fsp3) is 0.100. The van der Waals surface area contributed by atoms with Crippen molar-refractivity contribution in [2.45, 2.75) is 10.6 Å². The number of rotatable bonds is 6. The molecule has 0 aliphatic heterocycles. The van der Waals surface area contributed by atoms with E-state index < -0.39 is 0 Å². The molecule has 1 aromatic heterocycles. The van der Waals surface area contributed by atoms with Gasteiger partial charge in [0.25, 0.3) is 0 Å². The van der Waals surface area contributed by atoms with Gasteiger partial charge in [0, 0.05) is 27.7 Å². The highest BCUT2D eigenvalue weighted by Gasteiger charge is 2.05. The van der Waals surface area contributed by atoms with Gasteiger partial charge in [-0.1, -0.05) is 42.5 Å². The number of carbonyl (C=O) groups excluding carboxylic acids is 1. The summed E-state index contributed by atoms with van der Waals surface area (Å²) in [7, 11) is 1.37. The molecule has 0 amide bonds. The molecule has 0 N–H and O–H groups in total. The van der Waals surface area contributed by atoms with Gasteiger partial charge in [0.2, 0.25) is 0 Å². The molecule has 5 heteroatoms. The Balaban J connectivity index is 1.63. The highest BCUT2D eigenvalue weighted by Crippen LogP contribution is 2.28. The third-order valence-electron chi connectivity index (χ3n) is 3.43. The van der Waals surface area contributed by atoms with Crippen molar-refractivity contribution in [2.24, 2.45) is 0 Å². The second kappa shape index (κ2) is 8.65. The van der Waals surface area contributed by atoms with Crippen LogP contribution < -0.4 is 0 Å². The maximum atomic E-state index is 11.2. The lowest BCUT2D eigenvalue weighted by Crippen LogP contribution is -1.93. The van der Waals surface area contributed by atoms with E-state index in [0.29, 0.717) is 0 Å². The van der Waals surface area contributed by atoms with Gasteiger partial charge in [-0.25, -0.2) is 9.78 Å². The summed E-state index contributed by atoms with van der Waals surface area (Å²) in [6, 6.07) is 18.3. The van der Waals surface area contributed by atoms with Crippen molar-refractivity contribution in [2.75, 3.05) is 7.11 Å². The predicted molar refractivity (Wildman–Crippen MR) is 105 cm³/mol. The number of ether oxygens (including phenoxy) is 1. The van der Waals surface area contributed by atoms with Crippen LogP contribution >= 0.6 is 23.1 Å². The lowest BCUT2D eigenvalue weighted by molar-refractivity contribution is -0.134. The monoisotopic (exact) mass is 367 g/mol. The topological polar surface area (TPSA) is 39.2 Å². The second-order valence-corrected chi connectivity index (χ2v) is 7.13. The largest absolute Gasteiger partial charge is 0.466 e. The molecule has 0 atom stereocenters. The summed E-state index contributed by atoms with van der Waals surface area (Å²) in [5.41, 5.74) is 3.20. The fourth-order valence-corrected chi connectivity index (χ4v) is 3.97. The Morgan fingerprint density at radius 3 is 2.84 bits per heavy atom.